The van der Waals surface area contributed by atoms with Gasteiger partial charge in [0.05, 0.1) is 59.3 Å². The second-order valence-corrected chi connectivity index (χ2v) is 13.0. The van der Waals surface area contributed by atoms with E-state index in [4.69, 9.17) is 23.7 Å². The molecule has 3 aliphatic heterocycles. The number of ether oxygens (including phenoxy) is 7. The van der Waals surface area contributed by atoms with Crippen molar-refractivity contribution in [2.75, 3.05) is 54.2 Å². The number of carbonyl (C=O) groups is 5. The Bertz CT molecular complexity index is 1530. The number of benzene rings is 2. The highest BCUT2D eigenvalue weighted by molar-refractivity contribution is 5.83. The van der Waals surface area contributed by atoms with Crippen molar-refractivity contribution in [3.63, 3.8) is 0 Å². The molecule has 3 saturated heterocycles. The summed E-state index contributed by atoms with van der Waals surface area (Å²) in [5, 5.41) is 12.7. The van der Waals surface area contributed by atoms with Gasteiger partial charge in [-0.1, -0.05) is 73.7 Å². The fourth-order valence-corrected chi connectivity index (χ4v) is 6.10. The van der Waals surface area contributed by atoms with E-state index in [9.17, 15) is 29.1 Å². The highest BCUT2D eigenvalue weighted by Gasteiger charge is 2.42. The van der Waals surface area contributed by atoms with Gasteiger partial charge in [0.1, 0.15) is 31.3 Å². The van der Waals surface area contributed by atoms with Gasteiger partial charge >= 0.3 is 30.1 Å². The quantitative estimate of drug-likeness (QED) is 0.171. The Morgan fingerprint density at radius 1 is 0.732 bits per heavy atom. The van der Waals surface area contributed by atoms with Crippen molar-refractivity contribution in [1.82, 2.24) is 15.1 Å². The molecule has 3 aliphatic rings. The van der Waals surface area contributed by atoms with E-state index in [2.05, 4.69) is 28.3 Å². The Balaban J connectivity index is 0.000000234. The van der Waals surface area contributed by atoms with E-state index in [1.165, 1.54) is 31.1 Å². The van der Waals surface area contributed by atoms with Gasteiger partial charge in [0.15, 0.2) is 0 Å². The van der Waals surface area contributed by atoms with E-state index in [0.29, 0.717) is 19.6 Å². The number of hydrogen-bond acceptors (Lipinski definition) is 14. The average Bonchev–Trinajstić information content (AvgIpc) is 3.99. The van der Waals surface area contributed by atoms with Crippen molar-refractivity contribution >= 4 is 30.1 Å². The molecule has 3 fully saturated rings. The van der Waals surface area contributed by atoms with E-state index in [0.717, 1.165) is 37.1 Å². The van der Waals surface area contributed by atoms with Crippen LogP contribution >= 0.6 is 0 Å². The van der Waals surface area contributed by atoms with Crippen molar-refractivity contribution in [2.45, 2.75) is 82.3 Å². The zero-order valence-electron chi connectivity index (χ0n) is 32.5. The third-order valence-electron chi connectivity index (χ3n) is 8.95. The van der Waals surface area contributed by atoms with Gasteiger partial charge in [-0.15, -0.1) is 6.58 Å². The van der Waals surface area contributed by atoms with Crippen LogP contribution in [-0.2, 0) is 60.8 Å². The zero-order chi connectivity index (χ0) is 40.9. The fourth-order valence-electron chi connectivity index (χ4n) is 6.10. The second kappa shape index (κ2) is 24.5. The molecule has 16 heteroatoms. The minimum atomic E-state index is -0.779. The molecular formula is C40H55N3O13. The number of β-amino-alcohol motifs (C(OH)–C–C–N with tert-alkyl or cyclic N) is 1. The van der Waals surface area contributed by atoms with Crippen LogP contribution < -0.4 is 5.32 Å². The Hall–Kier alpha value is -5.03. The summed E-state index contributed by atoms with van der Waals surface area (Å²) >= 11 is 0. The molecule has 0 radical (unpaired) electrons. The molecule has 16 nitrogen and oxygen atoms in total. The van der Waals surface area contributed by atoms with E-state index < -0.39 is 42.3 Å². The molecular weight excluding hydrogens is 730 g/mol. The standard InChI is InChI=1S/C17H21NO5.C14H17NO5.C9H17NO3/c1-3-9-22-14-10-15(16(19)21-2)18(11-14)17(20)23-12-13-7-5-4-6-8-13;1-19-13(17)12-7-11(16)8-15(12)14(18)20-9-10-5-3-2-4-6-10;1-3-4-13-7-5-8(10-6-7)9(11)12-2/h3-8,14-15H,1,9-12H2,2H3;2-6,11-12,16H,7-9H2,1H3;7-8,10H,3-6H2,1-2H3/t14?,15-;11-,12-;7-,8-/m000/s1. The fraction of sp³-hybridized carbons (Fsp3) is 0.525. The normalized spacial score (nSPS) is 22.4. The maximum atomic E-state index is 12.3. The predicted molar refractivity (Wildman–Crippen MR) is 202 cm³/mol. The lowest BCUT2D eigenvalue weighted by Crippen LogP contribution is -2.41. The summed E-state index contributed by atoms with van der Waals surface area (Å²) < 4.78 is 35.5. The molecule has 0 saturated carbocycles. The van der Waals surface area contributed by atoms with Gasteiger partial charge in [0.25, 0.3) is 0 Å². The van der Waals surface area contributed by atoms with Crippen LogP contribution in [0.3, 0.4) is 0 Å². The summed E-state index contributed by atoms with van der Waals surface area (Å²) in [4.78, 5) is 61.4. The Kier molecular flexibility index (Phi) is 19.8. The van der Waals surface area contributed by atoms with Crippen LogP contribution in [0.5, 0.6) is 0 Å². The van der Waals surface area contributed by atoms with Gasteiger partial charge in [-0.25, -0.2) is 19.2 Å². The summed E-state index contributed by atoms with van der Waals surface area (Å²) in [5.74, 6) is -1.20. The Labute approximate surface area is 327 Å². The highest BCUT2D eigenvalue weighted by atomic mass is 16.6. The summed E-state index contributed by atoms with van der Waals surface area (Å²) in [6, 6.07) is 17.0. The van der Waals surface area contributed by atoms with Crippen molar-refractivity contribution in [2.24, 2.45) is 0 Å². The van der Waals surface area contributed by atoms with Crippen LogP contribution in [-0.4, -0.2) is 136 Å². The number of nitrogens with zero attached hydrogens (tertiary/aromatic N) is 2. The third kappa shape index (κ3) is 14.6. The SMILES string of the molecule is C=CCOC1C[C@@H](C(=O)OC)N(C(=O)OCc2ccccc2)C1.CCCO[C@@H]1CN[C@H](C(=O)OC)C1.COC(=O)[C@@H]1C[C@H](O)CN1C(=O)OCc1ccccc1. The summed E-state index contributed by atoms with van der Waals surface area (Å²) in [7, 11) is 3.96. The third-order valence-corrected chi connectivity index (χ3v) is 8.95. The summed E-state index contributed by atoms with van der Waals surface area (Å²) in [6.45, 7) is 8.19. The smallest absolute Gasteiger partial charge is 0.410 e. The van der Waals surface area contributed by atoms with Crippen LogP contribution in [0.4, 0.5) is 9.59 Å². The predicted octanol–water partition coefficient (Wildman–Crippen LogP) is 3.39. The van der Waals surface area contributed by atoms with E-state index in [1.54, 1.807) is 6.08 Å². The molecule has 0 aliphatic carbocycles. The number of aliphatic hydroxyl groups excluding tert-OH is 1. The molecule has 5 rings (SSSR count). The van der Waals surface area contributed by atoms with Crippen LogP contribution in [0.2, 0.25) is 0 Å². The van der Waals surface area contributed by atoms with Crippen molar-refractivity contribution in [1.29, 1.82) is 0 Å². The minimum Gasteiger partial charge on any atom is -0.468 e. The van der Waals surface area contributed by atoms with E-state index in [1.807, 2.05) is 60.7 Å². The maximum Gasteiger partial charge on any atom is 0.410 e. The first-order valence-electron chi connectivity index (χ1n) is 18.5. The van der Waals surface area contributed by atoms with Gasteiger partial charge in [-0.05, 0) is 17.5 Å². The Morgan fingerprint density at radius 3 is 1.75 bits per heavy atom. The lowest BCUT2D eigenvalue weighted by atomic mass is 10.2. The number of likely N-dealkylation sites (tertiary alicyclic amines) is 2. The molecule has 6 atom stereocenters. The molecule has 308 valence electrons. The van der Waals surface area contributed by atoms with Crippen molar-refractivity contribution in [3.8, 4) is 0 Å². The van der Waals surface area contributed by atoms with Crippen LogP contribution in [0.15, 0.2) is 73.3 Å². The number of nitrogens with one attached hydrogen (secondary N) is 1. The van der Waals surface area contributed by atoms with Crippen molar-refractivity contribution < 1.29 is 62.2 Å². The maximum absolute atomic E-state index is 12.3. The minimum absolute atomic E-state index is 0.0768. The molecule has 0 bridgehead atoms. The first kappa shape index (κ1) is 45.4. The number of esters is 3. The molecule has 2 aromatic rings. The second-order valence-electron chi connectivity index (χ2n) is 13.0. The van der Waals surface area contributed by atoms with Crippen LogP contribution in [0.25, 0.3) is 0 Å². The molecule has 2 amide bonds. The molecule has 1 unspecified atom stereocenters. The summed E-state index contributed by atoms with van der Waals surface area (Å²) in [5.41, 5.74) is 1.74. The number of amides is 2. The first-order valence-corrected chi connectivity index (χ1v) is 18.5. The van der Waals surface area contributed by atoms with Crippen molar-refractivity contribution in [3.05, 3.63) is 84.4 Å². The lowest BCUT2D eigenvalue weighted by molar-refractivity contribution is -0.146. The van der Waals surface area contributed by atoms with Gasteiger partial charge in [-0.3, -0.25) is 14.6 Å². The average molecular weight is 786 g/mol. The topological polar surface area (TPSA) is 189 Å². The molecule has 0 spiro atoms. The van der Waals surface area contributed by atoms with E-state index >= 15 is 0 Å². The number of aliphatic hydroxyl groups is 1. The lowest BCUT2D eigenvalue weighted by Gasteiger charge is -2.21. The largest absolute Gasteiger partial charge is 0.468 e. The van der Waals surface area contributed by atoms with Gasteiger partial charge in [0.2, 0.25) is 0 Å². The van der Waals surface area contributed by atoms with Gasteiger partial charge in [0, 0.05) is 32.4 Å². The first-order chi connectivity index (χ1) is 27.0. The highest BCUT2D eigenvalue weighted by Crippen LogP contribution is 2.23. The van der Waals surface area contributed by atoms with Crippen LogP contribution in [0.1, 0.15) is 43.7 Å². The molecule has 2 aromatic carbocycles. The van der Waals surface area contributed by atoms with E-state index in [-0.39, 0.29) is 50.4 Å². The number of methoxy groups -OCH3 is 3. The van der Waals surface area contributed by atoms with Gasteiger partial charge in [-0.2, -0.15) is 0 Å². The van der Waals surface area contributed by atoms with Crippen LogP contribution in [0, 0.1) is 0 Å². The molecule has 56 heavy (non-hydrogen) atoms. The monoisotopic (exact) mass is 785 g/mol. The number of hydrogen-bond donors (Lipinski definition) is 2. The Morgan fingerprint density at radius 2 is 1.25 bits per heavy atom. The zero-order valence-corrected chi connectivity index (χ0v) is 32.5. The summed E-state index contributed by atoms with van der Waals surface area (Å²) in [6.07, 6.45) is 1.97. The molecule has 0 aromatic heterocycles. The van der Waals surface area contributed by atoms with Gasteiger partial charge < -0.3 is 43.6 Å². The molecule has 2 N–H and O–H groups in total. The molecule has 3 heterocycles. The number of carbonyl (C=O) groups excluding carboxylic acids is 5. The number of rotatable bonds is 13.